The van der Waals surface area contributed by atoms with Crippen LogP contribution in [0.5, 0.6) is 0 Å². The van der Waals surface area contributed by atoms with Gasteiger partial charge in [-0.1, -0.05) is 30.3 Å². The predicted molar refractivity (Wildman–Crippen MR) is 92.1 cm³/mol. The molecule has 0 saturated carbocycles. The lowest BCUT2D eigenvalue weighted by molar-refractivity contribution is -0.131. The standard InChI is InChI=1S/C20H22FNO2/c1-2-22(15-16-7-4-3-5-8-16)20(24)10-6-9-19(23)17-11-13-18(21)14-12-17/h3-5,7-8,11-14H,2,6,9-10,15H2,1H3. The Morgan fingerprint density at radius 3 is 2.25 bits per heavy atom. The minimum Gasteiger partial charge on any atom is -0.339 e. The van der Waals surface area contributed by atoms with E-state index in [1.165, 1.54) is 24.3 Å². The summed E-state index contributed by atoms with van der Waals surface area (Å²) in [4.78, 5) is 26.1. The van der Waals surface area contributed by atoms with Crippen LogP contribution in [0.1, 0.15) is 42.1 Å². The van der Waals surface area contributed by atoms with Crippen molar-refractivity contribution in [3.8, 4) is 0 Å². The van der Waals surface area contributed by atoms with Crippen LogP contribution in [0.25, 0.3) is 0 Å². The third kappa shape index (κ3) is 5.30. The summed E-state index contributed by atoms with van der Waals surface area (Å²) in [7, 11) is 0. The smallest absolute Gasteiger partial charge is 0.222 e. The van der Waals surface area contributed by atoms with Crippen molar-refractivity contribution in [1.29, 1.82) is 0 Å². The number of carbonyl (C=O) groups excluding carboxylic acids is 2. The lowest BCUT2D eigenvalue weighted by Crippen LogP contribution is -2.30. The van der Waals surface area contributed by atoms with E-state index < -0.39 is 0 Å². The zero-order chi connectivity index (χ0) is 17.4. The van der Waals surface area contributed by atoms with Gasteiger partial charge in [0, 0.05) is 31.5 Å². The number of hydrogen-bond acceptors (Lipinski definition) is 2. The molecular formula is C20H22FNO2. The van der Waals surface area contributed by atoms with Gasteiger partial charge in [-0.3, -0.25) is 9.59 Å². The minimum absolute atomic E-state index is 0.0493. The largest absolute Gasteiger partial charge is 0.339 e. The van der Waals surface area contributed by atoms with Crippen molar-refractivity contribution in [2.75, 3.05) is 6.54 Å². The normalized spacial score (nSPS) is 10.4. The second-order valence-corrected chi connectivity index (χ2v) is 5.68. The number of nitrogens with zero attached hydrogens (tertiary/aromatic N) is 1. The van der Waals surface area contributed by atoms with Gasteiger partial charge >= 0.3 is 0 Å². The first-order valence-corrected chi connectivity index (χ1v) is 8.20. The van der Waals surface area contributed by atoms with Crippen LogP contribution in [-0.4, -0.2) is 23.1 Å². The lowest BCUT2D eigenvalue weighted by atomic mass is 10.1. The highest BCUT2D eigenvalue weighted by Crippen LogP contribution is 2.11. The maximum Gasteiger partial charge on any atom is 0.222 e. The average molecular weight is 327 g/mol. The van der Waals surface area contributed by atoms with E-state index in [0.717, 1.165) is 5.56 Å². The van der Waals surface area contributed by atoms with E-state index in [2.05, 4.69) is 0 Å². The van der Waals surface area contributed by atoms with Gasteiger partial charge in [0.25, 0.3) is 0 Å². The van der Waals surface area contributed by atoms with Crippen molar-refractivity contribution < 1.29 is 14.0 Å². The molecule has 0 aliphatic carbocycles. The molecule has 126 valence electrons. The molecule has 0 heterocycles. The Morgan fingerprint density at radius 1 is 0.958 bits per heavy atom. The summed E-state index contributed by atoms with van der Waals surface area (Å²) in [5, 5.41) is 0. The molecule has 0 N–H and O–H groups in total. The summed E-state index contributed by atoms with van der Waals surface area (Å²) in [6, 6.07) is 15.4. The van der Waals surface area contributed by atoms with Gasteiger partial charge < -0.3 is 4.90 Å². The highest BCUT2D eigenvalue weighted by molar-refractivity contribution is 5.96. The molecule has 2 aromatic carbocycles. The molecule has 0 aliphatic rings. The number of halogens is 1. The molecule has 0 aromatic heterocycles. The molecule has 3 nitrogen and oxygen atoms in total. The van der Waals surface area contributed by atoms with Crippen LogP contribution in [0.3, 0.4) is 0 Å². The molecular weight excluding hydrogens is 305 g/mol. The number of amides is 1. The number of benzene rings is 2. The Balaban J connectivity index is 1.80. The molecule has 0 spiro atoms. The van der Waals surface area contributed by atoms with E-state index >= 15 is 0 Å². The predicted octanol–water partition coefficient (Wildman–Crippen LogP) is 4.23. The van der Waals surface area contributed by atoms with Gasteiger partial charge in [-0.2, -0.15) is 0 Å². The van der Waals surface area contributed by atoms with Crippen molar-refractivity contribution in [1.82, 2.24) is 4.90 Å². The van der Waals surface area contributed by atoms with Crippen LogP contribution < -0.4 is 0 Å². The summed E-state index contributed by atoms with van der Waals surface area (Å²) in [5.74, 6) is -0.372. The van der Waals surface area contributed by atoms with Crippen LogP contribution >= 0.6 is 0 Å². The fourth-order valence-corrected chi connectivity index (χ4v) is 2.52. The fraction of sp³-hybridized carbons (Fsp3) is 0.300. The topological polar surface area (TPSA) is 37.4 Å². The van der Waals surface area contributed by atoms with Gasteiger partial charge in [-0.05, 0) is 43.2 Å². The van der Waals surface area contributed by atoms with Gasteiger partial charge in [0.1, 0.15) is 5.82 Å². The van der Waals surface area contributed by atoms with E-state index in [4.69, 9.17) is 0 Å². The Kier molecular flexibility index (Phi) is 6.67. The van der Waals surface area contributed by atoms with Gasteiger partial charge in [0.15, 0.2) is 5.78 Å². The number of hydrogen-bond donors (Lipinski definition) is 0. The van der Waals surface area contributed by atoms with E-state index in [1.54, 1.807) is 4.90 Å². The molecule has 1 amide bonds. The maximum absolute atomic E-state index is 12.9. The van der Waals surface area contributed by atoms with E-state index in [9.17, 15) is 14.0 Å². The van der Waals surface area contributed by atoms with Gasteiger partial charge in [0.05, 0.1) is 0 Å². The lowest BCUT2D eigenvalue weighted by Gasteiger charge is -2.21. The average Bonchev–Trinajstić information content (AvgIpc) is 2.61. The summed E-state index contributed by atoms with van der Waals surface area (Å²) in [6.45, 7) is 3.17. The van der Waals surface area contributed by atoms with Crippen molar-refractivity contribution in [3.63, 3.8) is 0 Å². The Bertz CT molecular complexity index is 668. The zero-order valence-electron chi connectivity index (χ0n) is 13.9. The summed E-state index contributed by atoms with van der Waals surface area (Å²) < 4.78 is 12.9. The number of ketones is 1. The first-order valence-electron chi connectivity index (χ1n) is 8.20. The Labute approximate surface area is 142 Å². The van der Waals surface area contributed by atoms with Gasteiger partial charge in [0.2, 0.25) is 5.91 Å². The molecule has 24 heavy (non-hydrogen) atoms. The molecule has 0 aliphatic heterocycles. The van der Waals surface area contributed by atoms with E-state index in [0.29, 0.717) is 37.9 Å². The first-order chi connectivity index (χ1) is 11.6. The Morgan fingerprint density at radius 2 is 1.62 bits per heavy atom. The number of carbonyl (C=O) groups is 2. The third-order valence-electron chi connectivity index (χ3n) is 3.91. The fourth-order valence-electron chi connectivity index (χ4n) is 2.52. The molecule has 2 aromatic rings. The van der Waals surface area contributed by atoms with E-state index in [1.807, 2.05) is 37.3 Å². The molecule has 0 saturated heterocycles. The maximum atomic E-state index is 12.9. The van der Waals surface area contributed by atoms with Crippen molar-refractivity contribution in [2.24, 2.45) is 0 Å². The first kappa shape index (κ1) is 17.9. The van der Waals surface area contributed by atoms with Gasteiger partial charge in [-0.25, -0.2) is 4.39 Å². The molecule has 0 unspecified atom stereocenters. The van der Waals surface area contributed by atoms with Crippen LogP contribution in [0.4, 0.5) is 4.39 Å². The third-order valence-corrected chi connectivity index (χ3v) is 3.91. The molecule has 4 heteroatoms. The van der Waals surface area contributed by atoms with Crippen LogP contribution in [0.2, 0.25) is 0 Å². The molecule has 0 fully saturated rings. The molecule has 0 atom stereocenters. The summed E-state index contributed by atoms with van der Waals surface area (Å²) in [5.41, 5.74) is 1.58. The van der Waals surface area contributed by atoms with Crippen LogP contribution in [-0.2, 0) is 11.3 Å². The second kappa shape index (κ2) is 8.96. The molecule has 0 radical (unpaired) electrons. The highest BCUT2D eigenvalue weighted by Gasteiger charge is 2.13. The SMILES string of the molecule is CCN(Cc1ccccc1)C(=O)CCCC(=O)c1ccc(F)cc1. The summed E-state index contributed by atoms with van der Waals surface area (Å²) in [6.07, 6.45) is 1.13. The van der Waals surface area contributed by atoms with E-state index in [-0.39, 0.29) is 17.5 Å². The highest BCUT2D eigenvalue weighted by atomic mass is 19.1. The van der Waals surface area contributed by atoms with Crippen molar-refractivity contribution in [2.45, 2.75) is 32.7 Å². The van der Waals surface area contributed by atoms with Crippen LogP contribution in [0, 0.1) is 5.82 Å². The second-order valence-electron chi connectivity index (χ2n) is 5.68. The zero-order valence-corrected chi connectivity index (χ0v) is 13.9. The monoisotopic (exact) mass is 327 g/mol. The Hall–Kier alpha value is -2.49. The minimum atomic E-state index is -0.360. The van der Waals surface area contributed by atoms with Crippen molar-refractivity contribution >= 4 is 11.7 Å². The van der Waals surface area contributed by atoms with Gasteiger partial charge in [-0.15, -0.1) is 0 Å². The van der Waals surface area contributed by atoms with Crippen molar-refractivity contribution in [3.05, 3.63) is 71.5 Å². The summed E-state index contributed by atoms with van der Waals surface area (Å²) >= 11 is 0. The quantitative estimate of drug-likeness (QED) is 0.681. The van der Waals surface area contributed by atoms with Crippen LogP contribution in [0.15, 0.2) is 54.6 Å². The molecule has 2 rings (SSSR count). The number of rotatable bonds is 8. The molecule has 0 bridgehead atoms. The number of Topliss-reactive ketones (excluding diaryl/α,β-unsaturated/α-hetero) is 1.